The average Bonchev–Trinajstić information content (AvgIpc) is 3.32. The summed E-state index contributed by atoms with van der Waals surface area (Å²) in [6.45, 7) is 9.92. The van der Waals surface area contributed by atoms with Crippen molar-refractivity contribution in [1.29, 1.82) is 0 Å². The molecule has 1 saturated heterocycles. The Bertz CT molecular complexity index is 1720. The molecule has 43 heavy (non-hydrogen) atoms. The van der Waals surface area contributed by atoms with Crippen LogP contribution in [0.15, 0.2) is 45.5 Å². The number of Topliss-reactive ketones (excluding diaryl/α,β-unsaturated/α-hetero) is 1. The lowest BCUT2D eigenvalue weighted by atomic mass is 10.1. The van der Waals surface area contributed by atoms with E-state index in [1.807, 2.05) is 24.8 Å². The van der Waals surface area contributed by atoms with Crippen molar-refractivity contribution < 1.29 is 19.2 Å². The van der Waals surface area contributed by atoms with Crippen LogP contribution >= 0.6 is 0 Å². The van der Waals surface area contributed by atoms with E-state index in [2.05, 4.69) is 5.32 Å². The number of ketones is 1. The summed E-state index contributed by atoms with van der Waals surface area (Å²) in [6, 6.07) is 4.92. The highest BCUT2D eigenvalue weighted by molar-refractivity contribution is 5.96. The fourth-order valence-corrected chi connectivity index (χ4v) is 4.97. The van der Waals surface area contributed by atoms with Gasteiger partial charge in [0.25, 0.3) is 11.2 Å². The predicted molar refractivity (Wildman–Crippen MR) is 161 cm³/mol. The van der Waals surface area contributed by atoms with Crippen LogP contribution < -0.4 is 21.5 Å². The lowest BCUT2D eigenvalue weighted by Gasteiger charge is -2.34. The van der Waals surface area contributed by atoms with E-state index in [4.69, 9.17) is 9.72 Å². The molecule has 2 aromatic heterocycles. The Balaban J connectivity index is 1.76. The molecule has 1 aliphatic heterocycles. The molecule has 1 unspecified atom stereocenters. The SMILES string of the molecule is CC(C)=CCn1c(N2CCCC(NC(=O)OC(C)(C)C)C2)nc2c1c(=O)n(CC(=O)c1cccc([N+](=O)[O-])c1)c(=O)n2C. The number of nitro benzene ring substituents is 1. The number of benzene rings is 1. The summed E-state index contributed by atoms with van der Waals surface area (Å²) in [7, 11) is 1.48. The van der Waals surface area contributed by atoms with Crippen molar-refractivity contribution in [3.8, 4) is 0 Å². The van der Waals surface area contributed by atoms with Crippen LogP contribution in [0.2, 0.25) is 0 Å². The van der Waals surface area contributed by atoms with E-state index in [9.17, 15) is 29.3 Å². The van der Waals surface area contributed by atoms with E-state index in [0.29, 0.717) is 19.0 Å². The summed E-state index contributed by atoms with van der Waals surface area (Å²) in [5.41, 5.74) is -1.03. The zero-order valence-electron chi connectivity index (χ0n) is 25.2. The molecule has 14 nitrogen and oxygen atoms in total. The van der Waals surface area contributed by atoms with Gasteiger partial charge in [0.1, 0.15) is 5.60 Å². The second-order valence-electron chi connectivity index (χ2n) is 11.9. The maximum atomic E-state index is 13.9. The number of piperidine rings is 1. The Morgan fingerprint density at radius 3 is 2.58 bits per heavy atom. The van der Waals surface area contributed by atoms with Gasteiger partial charge < -0.3 is 19.5 Å². The number of carbonyl (C=O) groups excluding carboxylic acids is 2. The smallest absolute Gasteiger partial charge is 0.407 e. The number of rotatable bonds is 8. The predicted octanol–water partition coefficient (Wildman–Crippen LogP) is 3.15. The molecule has 1 fully saturated rings. The first kappa shape index (κ1) is 31.2. The van der Waals surface area contributed by atoms with Crippen molar-refractivity contribution in [1.82, 2.24) is 24.0 Å². The fourth-order valence-electron chi connectivity index (χ4n) is 4.97. The quantitative estimate of drug-likeness (QED) is 0.178. The number of imidazole rings is 1. The third-order valence-corrected chi connectivity index (χ3v) is 7.00. The molecule has 1 N–H and O–H groups in total. The van der Waals surface area contributed by atoms with Crippen molar-refractivity contribution >= 4 is 34.7 Å². The van der Waals surface area contributed by atoms with Crippen LogP contribution in [0.25, 0.3) is 11.2 Å². The first-order valence-corrected chi connectivity index (χ1v) is 14.0. The molecule has 0 aliphatic carbocycles. The zero-order valence-corrected chi connectivity index (χ0v) is 25.2. The van der Waals surface area contributed by atoms with E-state index < -0.39 is 40.2 Å². The van der Waals surface area contributed by atoms with Crippen LogP contribution in [-0.4, -0.2) is 60.2 Å². The van der Waals surface area contributed by atoms with Crippen molar-refractivity contribution in [2.24, 2.45) is 7.05 Å². The molecular weight excluding hydrogens is 558 g/mol. The van der Waals surface area contributed by atoms with Gasteiger partial charge in [-0.15, -0.1) is 0 Å². The molecule has 0 saturated carbocycles. The largest absolute Gasteiger partial charge is 0.444 e. The number of allylic oxidation sites excluding steroid dienone is 2. The first-order chi connectivity index (χ1) is 20.2. The molecule has 1 atom stereocenters. The van der Waals surface area contributed by atoms with Crippen molar-refractivity contribution in [3.63, 3.8) is 0 Å². The summed E-state index contributed by atoms with van der Waals surface area (Å²) in [5, 5.41) is 14.1. The number of alkyl carbamates (subject to hydrolysis) is 1. The third-order valence-electron chi connectivity index (χ3n) is 7.00. The number of fused-ring (bicyclic) bond motifs is 1. The Morgan fingerprint density at radius 1 is 1.21 bits per heavy atom. The van der Waals surface area contributed by atoms with Crippen molar-refractivity contribution in [2.75, 3.05) is 18.0 Å². The number of aryl methyl sites for hydroxylation is 1. The molecule has 1 aliphatic rings. The highest BCUT2D eigenvalue weighted by atomic mass is 16.6. The summed E-state index contributed by atoms with van der Waals surface area (Å²) in [6.07, 6.45) is 2.88. The summed E-state index contributed by atoms with van der Waals surface area (Å²) in [5.74, 6) is -0.164. The molecule has 14 heteroatoms. The molecule has 0 spiro atoms. The van der Waals surface area contributed by atoms with Gasteiger partial charge in [-0.2, -0.15) is 4.98 Å². The number of anilines is 1. The number of nitro groups is 1. The number of hydrogen-bond donors (Lipinski definition) is 1. The van der Waals surface area contributed by atoms with Crippen LogP contribution in [0.4, 0.5) is 16.4 Å². The zero-order chi connectivity index (χ0) is 31.6. The van der Waals surface area contributed by atoms with Gasteiger partial charge in [-0.05, 0) is 47.5 Å². The lowest BCUT2D eigenvalue weighted by Crippen LogP contribution is -2.49. The molecule has 0 bridgehead atoms. The number of aromatic nitrogens is 4. The number of nitrogens with zero attached hydrogens (tertiary/aromatic N) is 6. The third kappa shape index (κ3) is 7.01. The second-order valence-corrected chi connectivity index (χ2v) is 11.9. The highest BCUT2D eigenvalue weighted by Gasteiger charge is 2.29. The van der Waals surface area contributed by atoms with Gasteiger partial charge in [-0.1, -0.05) is 23.8 Å². The fraction of sp³-hybridized carbons (Fsp3) is 0.483. The number of carbonyl (C=O) groups is 2. The maximum absolute atomic E-state index is 13.9. The van der Waals surface area contributed by atoms with Gasteiger partial charge in [0, 0.05) is 50.4 Å². The number of amides is 1. The molecule has 3 aromatic rings. The van der Waals surface area contributed by atoms with Crippen molar-refractivity contribution in [2.45, 2.75) is 72.2 Å². The highest BCUT2D eigenvalue weighted by Crippen LogP contribution is 2.24. The Labute approximate surface area is 247 Å². The van der Waals surface area contributed by atoms with Gasteiger partial charge >= 0.3 is 11.8 Å². The molecule has 1 amide bonds. The van der Waals surface area contributed by atoms with Gasteiger partial charge in [0.15, 0.2) is 16.9 Å². The molecule has 3 heterocycles. The van der Waals surface area contributed by atoms with Crippen LogP contribution in [0.5, 0.6) is 0 Å². The Hall–Kier alpha value is -4.75. The number of nitrogens with one attached hydrogen (secondary N) is 1. The van der Waals surface area contributed by atoms with E-state index in [0.717, 1.165) is 29.0 Å². The minimum Gasteiger partial charge on any atom is -0.444 e. The van der Waals surface area contributed by atoms with Crippen LogP contribution in [-0.2, 0) is 24.9 Å². The minimum atomic E-state index is -0.738. The molecule has 0 radical (unpaired) electrons. The van der Waals surface area contributed by atoms with E-state index in [1.165, 1.54) is 29.8 Å². The van der Waals surface area contributed by atoms with E-state index >= 15 is 0 Å². The van der Waals surface area contributed by atoms with Crippen LogP contribution in [0.1, 0.15) is 57.8 Å². The Morgan fingerprint density at radius 2 is 1.93 bits per heavy atom. The van der Waals surface area contributed by atoms with Gasteiger partial charge in [0.2, 0.25) is 5.95 Å². The molecule has 230 valence electrons. The standard InChI is InChI=1S/C29H37N7O7/c1-18(2)12-14-34-23-24(31-26(34)33-13-8-10-20(16-33)30-27(39)43-29(3,4)5)32(6)28(40)35(25(23)38)17-22(37)19-9-7-11-21(15-19)36(41)42/h7,9,11-12,15,20H,8,10,13-14,16-17H2,1-6H3,(H,30,39). The number of ether oxygens (including phenoxy) is 1. The summed E-state index contributed by atoms with van der Waals surface area (Å²) < 4.78 is 9.19. The van der Waals surface area contributed by atoms with Gasteiger partial charge in [0.05, 0.1) is 11.5 Å². The van der Waals surface area contributed by atoms with Gasteiger partial charge in [-0.3, -0.25) is 28.8 Å². The van der Waals surface area contributed by atoms with E-state index in [-0.39, 0.29) is 35.0 Å². The summed E-state index contributed by atoms with van der Waals surface area (Å²) in [4.78, 5) is 70.0. The Kier molecular flexibility index (Phi) is 8.88. The molecule has 1 aromatic carbocycles. The number of hydrogen-bond acceptors (Lipinski definition) is 9. The van der Waals surface area contributed by atoms with Crippen LogP contribution in [0, 0.1) is 10.1 Å². The lowest BCUT2D eigenvalue weighted by molar-refractivity contribution is -0.384. The normalized spacial score (nSPS) is 15.3. The van der Waals surface area contributed by atoms with Crippen LogP contribution in [0.3, 0.4) is 0 Å². The topological polar surface area (TPSA) is 164 Å². The molecule has 4 rings (SSSR count). The average molecular weight is 596 g/mol. The maximum Gasteiger partial charge on any atom is 0.407 e. The first-order valence-electron chi connectivity index (χ1n) is 14.0. The number of non-ortho nitro benzene ring substituents is 1. The summed E-state index contributed by atoms with van der Waals surface area (Å²) >= 11 is 0. The monoisotopic (exact) mass is 595 g/mol. The minimum absolute atomic E-state index is 0.0128. The second kappa shape index (κ2) is 12.2. The van der Waals surface area contributed by atoms with Gasteiger partial charge in [-0.25, -0.2) is 9.59 Å². The van der Waals surface area contributed by atoms with Crippen molar-refractivity contribution in [3.05, 3.63) is 72.4 Å². The molecular formula is C29H37N7O7. The van der Waals surface area contributed by atoms with E-state index in [1.54, 1.807) is 25.3 Å².